The van der Waals surface area contributed by atoms with Crippen LogP contribution < -0.4 is 0 Å². The molecule has 0 saturated carbocycles. The van der Waals surface area contributed by atoms with Crippen LogP contribution in [0.4, 0.5) is 0 Å². The molecule has 4 heterocycles. The van der Waals surface area contributed by atoms with Crippen LogP contribution in [0.3, 0.4) is 0 Å². The number of esters is 1. The van der Waals surface area contributed by atoms with E-state index in [1.165, 1.54) is 4.90 Å². The molecule has 1 N–H and O–H groups in total. The fourth-order valence-electron chi connectivity index (χ4n) is 6.15. The van der Waals surface area contributed by atoms with Crippen molar-refractivity contribution in [1.82, 2.24) is 9.80 Å². The number of ether oxygens (including phenoxy) is 2. The molecule has 1 unspecified atom stereocenters. The number of likely N-dealkylation sites (tertiary alicyclic amines) is 1. The summed E-state index contributed by atoms with van der Waals surface area (Å²) in [5, 5.41) is 10.3. The Bertz CT molecular complexity index is 921. The molecule has 0 aliphatic carbocycles. The molecule has 0 aromatic rings. The average molecular weight is 475 g/mol. The van der Waals surface area contributed by atoms with Crippen molar-refractivity contribution in [3.8, 4) is 0 Å². The van der Waals surface area contributed by atoms with Crippen LogP contribution >= 0.6 is 0 Å². The highest BCUT2D eigenvalue weighted by atomic mass is 16.6. The van der Waals surface area contributed by atoms with Crippen LogP contribution in [0.5, 0.6) is 0 Å². The maximum absolute atomic E-state index is 14.2. The molecule has 0 aromatic heterocycles. The zero-order valence-corrected chi connectivity index (χ0v) is 21.1. The molecule has 1 spiro atoms. The van der Waals surface area contributed by atoms with Crippen LogP contribution in [0.15, 0.2) is 24.3 Å². The molecule has 34 heavy (non-hydrogen) atoms. The third-order valence-electron chi connectivity index (χ3n) is 7.81. The SMILES string of the molecule is CC(C)[C@H](CO)N1C(=O)[C@@H]2[C@H]3C(=O)OCCC/C=C\[C@@]3(C)O[C@@]23C=CCN(C(C)(C)C)C(=O)C13. The predicted molar refractivity (Wildman–Crippen MR) is 125 cm³/mol. The van der Waals surface area contributed by atoms with Crippen molar-refractivity contribution < 1.29 is 29.0 Å². The lowest BCUT2D eigenvalue weighted by atomic mass is 9.74. The Balaban J connectivity index is 1.93. The van der Waals surface area contributed by atoms with Crippen molar-refractivity contribution in [1.29, 1.82) is 0 Å². The molecule has 2 fully saturated rings. The summed E-state index contributed by atoms with van der Waals surface area (Å²) in [6, 6.07) is -1.58. The van der Waals surface area contributed by atoms with Crippen molar-refractivity contribution >= 4 is 17.8 Å². The second-order valence-corrected chi connectivity index (χ2v) is 11.5. The molecule has 8 nitrogen and oxygen atoms in total. The van der Waals surface area contributed by atoms with Crippen LogP contribution in [-0.4, -0.2) is 81.3 Å². The lowest BCUT2D eigenvalue weighted by molar-refractivity contribution is -0.163. The Hall–Kier alpha value is -2.19. The van der Waals surface area contributed by atoms with Crippen LogP contribution in [0.25, 0.3) is 0 Å². The van der Waals surface area contributed by atoms with Gasteiger partial charge < -0.3 is 24.4 Å². The predicted octanol–water partition coefficient (Wildman–Crippen LogP) is 2.06. The first-order chi connectivity index (χ1) is 15.9. The molecule has 4 aliphatic rings. The molecule has 6 atom stereocenters. The quantitative estimate of drug-likeness (QED) is 0.497. The molecule has 8 heteroatoms. The van der Waals surface area contributed by atoms with Crippen molar-refractivity contribution in [2.45, 2.75) is 83.2 Å². The van der Waals surface area contributed by atoms with Crippen molar-refractivity contribution in [3.63, 3.8) is 0 Å². The highest BCUT2D eigenvalue weighted by Gasteiger charge is 2.75. The molecule has 4 rings (SSSR count). The average Bonchev–Trinajstić information content (AvgIpc) is 3.07. The van der Waals surface area contributed by atoms with Gasteiger partial charge in [0.1, 0.15) is 17.6 Å². The second kappa shape index (κ2) is 8.48. The van der Waals surface area contributed by atoms with Gasteiger partial charge in [0.25, 0.3) is 0 Å². The van der Waals surface area contributed by atoms with E-state index in [1.807, 2.05) is 58.9 Å². The number of amides is 2. The minimum atomic E-state index is -1.33. The van der Waals surface area contributed by atoms with Gasteiger partial charge in [-0.15, -0.1) is 0 Å². The fraction of sp³-hybridized carbons (Fsp3) is 0.731. The summed E-state index contributed by atoms with van der Waals surface area (Å²) in [4.78, 5) is 45.0. The van der Waals surface area contributed by atoms with E-state index in [2.05, 4.69) is 0 Å². The van der Waals surface area contributed by atoms with Gasteiger partial charge in [-0.1, -0.05) is 38.2 Å². The number of aliphatic hydroxyl groups is 1. The largest absolute Gasteiger partial charge is 0.465 e. The minimum absolute atomic E-state index is 0.105. The molecular formula is C26H38N2O6. The summed E-state index contributed by atoms with van der Waals surface area (Å²) in [5.74, 6) is -2.98. The molecule has 0 aromatic carbocycles. The van der Waals surface area contributed by atoms with Gasteiger partial charge in [-0.25, -0.2) is 0 Å². The number of hydrogen-bond acceptors (Lipinski definition) is 6. The Morgan fingerprint density at radius 3 is 2.44 bits per heavy atom. The van der Waals surface area contributed by atoms with E-state index in [4.69, 9.17) is 9.47 Å². The number of carbonyl (C=O) groups excluding carboxylic acids is 3. The van der Waals surface area contributed by atoms with Crippen molar-refractivity contribution in [3.05, 3.63) is 24.3 Å². The maximum Gasteiger partial charge on any atom is 0.313 e. The van der Waals surface area contributed by atoms with Gasteiger partial charge in [0, 0.05) is 12.1 Å². The standard InChI is InChI=1S/C26H38N2O6/c1-16(2)17(15-29)28-20-22(31)27(24(3,4)5)13-10-12-26(20)18(21(28)30)19-23(32)33-14-9-7-8-11-25(19,6)34-26/h8,10-12,16-20,29H,7,9,13-15H2,1-6H3/b11-8-/t17-,18-,19-,20?,25+,26-/m0/s1. The molecule has 2 saturated heterocycles. The summed E-state index contributed by atoms with van der Waals surface area (Å²) in [7, 11) is 0. The summed E-state index contributed by atoms with van der Waals surface area (Å²) < 4.78 is 12.3. The van der Waals surface area contributed by atoms with E-state index in [0.717, 1.165) is 6.42 Å². The number of hydrogen-bond donors (Lipinski definition) is 1. The van der Waals surface area contributed by atoms with Crippen LogP contribution in [0, 0.1) is 17.8 Å². The lowest BCUT2D eigenvalue weighted by Gasteiger charge is -2.43. The third kappa shape index (κ3) is 3.61. The Labute approximate surface area is 201 Å². The number of aliphatic hydroxyl groups excluding tert-OH is 1. The zero-order valence-electron chi connectivity index (χ0n) is 21.1. The first-order valence-electron chi connectivity index (χ1n) is 12.4. The summed E-state index contributed by atoms with van der Waals surface area (Å²) in [6.07, 6.45) is 8.96. The summed E-state index contributed by atoms with van der Waals surface area (Å²) >= 11 is 0. The highest BCUT2D eigenvalue weighted by molar-refractivity contribution is 5.99. The van der Waals surface area contributed by atoms with Gasteiger partial charge in [0.05, 0.1) is 30.8 Å². The smallest absolute Gasteiger partial charge is 0.313 e. The normalized spacial score (nSPS) is 37.9. The van der Waals surface area contributed by atoms with Crippen LogP contribution in [-0.2, 0) is 23.9 Å². The minimum Gasteiger partial charge on any atom is -0.465 e. The molecule has 188 valence electrons. The molecule has 0 bridgehead atoms. The van der Waals surface area contributed by atoms with Crippen molar-refractivity contribution in [2.75, 3.05) is 19.8 Å². The monoisotopic (exact) mass is 474 g/mol. The number of cyclic esters (lactones) is 1. The molecule has 4 aliphatic heterocycles. The number of rotatable bonds is 3. The Morgan fingerprint density at radius 2 is 1.82 bits per heavy atom. The molecule has 0 radical (unpaired) electrons. The number of allylic oxidation sites excluding steroid dienone is 1. The topological polar surface area (TPSA) is 96.4 Å². The first kappa shape index (κ1) is 24.9. The second-order valence-electron chi connectivity index (χ2n) is 11.5. The molecular weight excluding hydrogens is 436 g/mol. The number of fused-ring (bicyclic) bond motifs is 2. The van der Waals surface area contributed by atoms with E-state index < -0.39 is 46.6 Å². The van der Waals surface area contributed by atoms with E-state index >= 15 is 0 Å². The van der Waals surface area contributed by atoms with Crippen LogP contribution in [0.2, 0.25) is 0 Å². The first-order valence-corrected chi connectivity index (χ1v) is 12.4. The van der Waals surface area contributed by atoms with E-state index in [0.29, 0.717) is 13.0 Å². The zero-order chi connectivity index (χ0) is 25.1. The van der Waals surface area contributed by atoms with E-state index in [9.17, 15) is 19.5 Å². The third-order valence-corrected chi connectivity index (χ3v) is 7.81. The number of carbonyl (C=O) groups is 3. The maximum atomic E-state index is 14.2. The summed E-state index contributed by atoms with van der Waals surface area (Å²) in [5.41, 5.74) is -2.92. The fourth-order valence-corrected chi connectivity index (χ4v) is 6.15. The highest BCUT2D eigenvalue weighted by Crippen LogP contribution is 2.58. The van der Waals surface area contributed by atoms with Gasteiger partial charge in [-0.3, -0.25) is 14.4 Å². The van der Waals surface area contributed by atoms with E-state index in [-0.39, 0.29) is 30.9 Å². The molecule has 2 amide bonds. The Morgan fingerprint density at radius 1 is 1.12 bits per heavy atom. The number of nitrogens with zero attached hydrogens (tertiary/aromatic N) is 2. The Kier molecular flexibility index (Phi) is 6.22. The van der Waals surface area contributed by atoms with Crippen LogP contribution in [0.1, 0.15) is 54.4 Å². The summed E-state index contributed by atoms with van der Waals surface area (Å²) in [6.45, 7) is 11.8. The van der Waals surface area contributed by atoms with Gasteiger partial charge in [0.2, 0.25) is 11.8 Å². The van der Waals surface area contributed by atoms with Gasteiger partial charge in [0.15, 0.2) is 0 Å². The van der Waals surface area contributed by atoms with Gasteiger partial charge in [-0.2, -0.15) is 0 Å². The van der Waals surface area contributed by atoms with Gasteiger partial charge >= 0.3 is 5.97 Å². The van der Waals surface area contributed by atoms with Gasteiger partial charge in [-0.05, 0) is 46.5 Å². The lowest BCUT2D eigenvalue weighted by Crippen LogP contribution is -2.61. The van der Waals surface area contributed by atoms with Crippen molar-refractivity contribution in [2.24, 2.45) is 17.8 Å². The van der Waals surface area contributed by atoms with E-state index in [1.54, 1.807) is 11.8 Å².